The van der Waals surface area contributed by atoms with Gasteiger partial charge in [0.15, 0.2) is 4.96 Å². The number of hydrogen-bond acceptors (Lipinski definition) is 4. The monoisotopic (exact) mass is 429 g/mol. The second-order valence-electron chi connectivity index (χ2n) is 5.94. The molecule has 0 saturated carbocycles. The van der Waals surface area contributed by atoms with Crippen LogP contribution in [0.1, 0.15) is 27.4 Å². The minimum Gasteiger partial charge on any atom is -0.346 e. The van der Waals surface area contributed by atoms with E-state index < -0.39 is 0 Å². The van der Waals surface area contributed by atoms with Crippen LogP contribution >= 0.6 is 27.3 Å². The molecule has 0 aliphatic rings. The van der Waals surface area contributed by atoms with Gasteiger partial charge in [-0.1, -0.05) is 15.9 Å². The van der Waals surface area contributed by atoms with Gasteiger partial charge in [0, 0.05) is 22.2 Å². The highest BCUT2D eigenvalue weighted by atomic mass is 79.9. The fourth-order valence-corrected chi connectivity index (χ4v) is 3.91. The Morgan fingerprint density at radius 1 is 1.27 bits per heavy atom. The van der Waals surface area contributed by atoms with Crippen LogP contribution in [-0.2, 0) is 6.54 Å². The molecule has 4 aromatic rings. The van der Waals surface area contributed by atoms with Crippen molar-refractivity contribution in [2.24, 2.45) is 0 Å². The van der Waals surface area contributed by atoms with Crippen molar-refractivity contribution >= 4 is 38.1 Å². The summed E-state index contributed by atoms with van der Waals surface area (Å²) in [6.07, 6.45) is 3.88. The van der Waals surface area contributed by atoms with Crippen LogP contribution in [0.2, 0.25) is 0 Å². The maximum atomic E-state index is 12.7. The number of benzene rings is 1. The lowest BCUT2D eigenvalue weighted by Crippen LogP contribution is -2.24. The van der Waals surface area contributed by atoms with Crippen LogP contribution in [0.25, 0.3) is 10.6 Å². The summed E-state index contributed by atoms with van der Waals surface area (Å²) in [7, 11) is 0. The fraction of sp³-hybridized carbons (Fsp3) is 0.167. The molecule has 1 amide bonds. The SMILES string of the molecule is Cc1nn(-c2ccc(Br)cc2)c(C)c1C(=O)NCc1cn2ccsc2n1. The summed E-state index contributed by atoms with van der Waals surface area (Å²) in [5.74, 6) is -0.139. The predicted octanol–water partition coefficient (Wildman–Crippen LogP) is 3.89. The lowest BCUT2D eigenvalue weighted by molar-refractivity contribution is 0.0949. The molecule has 0 radical (unpaired) electrons. The molecule has 132 valence electrons. The number of aromatic nitrogens is 4. The van der Waals surface area contributed by atoms with Crippen molar-refractivity contribution < 1.29 is 4.79 Å². The molecule has 8 heteroatoms. The molecule has 0 fully saturated rings. The smallest absolute Gasteiger partial charge is 0.255 e. The van der Waals surface area contributed by atoms with Crippen molar-refractivity contribution in [1.29, 1.82) is 0 Å². The van der Waals surface area contributed by atoms with Crippen LogP contribution in [0.15, 0.2) is 46.5 Å². The number of rotatable bonds is 4. The highest BCUT2D eigenvalue weighted by molar-refractivity contribution is 9.10. The molecule has 6 nitrogen and oxygen atoms in total. The third kappa shape index (κ3) is 3.06. The molecule has 3 aromatic heterocycles. The summed E-state index contributed by atoms with van der Waals surface area (Å²) in [6, 6.07) is 7.83. The quantitative estimate of drug-likeness (QED) is 0.534. The maximum Gasteiger partial charge on any atom is 0.255 e. The van der Waals surface area contributed by atoms with E-state index in [-0.39, 0.29) is 5.91 Å². The molecule has 3 heterocycles. The van der Waals surface area contributed by atoms with Crippen LogP contribution in [0.3, 0.4) is 0 Å². The van der Waals surface area contributed by atoms with Crippen LogP contribution in [0.4, 0.5) is 0 Å². The molecule has 0 atom stereocenters. The van der Waals surface area contributed by atoms with E-state index in [4.69, 9.17) is 0 Å². The average Bonchev–Trinajstić information content (AvgIpc) is 3.27. The molecule has 26 heavy (non-hydrogen) atoms. The number of nitrogens with zero attached hydrogens (tertiary/aromatic N) is 4. The molecule has 1 aromatic carbocycles. The summed E-state index contributed by atoms with van der Waals surface area (Å²) in [5, 5.41) is 9.47. The summed E-state index contributed by atoms with van der Waals surface area (Å²) < 4.78 is 4.75. The van der Waals surface area contributed by atoms with Crippen molar-refractivity contribution in [3.05, 3.63) is 69.2 Å². The summed E-state index contributed by atoms with van der Waals surface area (Å²) >= 11 is 5.00. The van der Waals surface area contributed by atoms with Crippen LogP contribution in [0, 0.1) is 13.8 Å². The number of thiazole rings is 1. The first-order valence-electron chi connectivity index (χ1n) is 8.04. The summed E-state index contributed by atoms with van der Waals surface area (Å²) in [4.78, 5) is 18.1. The Morgan fingerprint density at radius 3 is 2.77 bits per heavy atom. The molecule has 0 aliphatic carbocycles. The van der Waals surface area contributed by atoms with E-state index in [0.717, 1.165) is 26.5 Å². The molecule has 0 unspecified atom stereocenters. The number of imidazole rings is 1. The number of amides is 1. The minimum atomic E-state index is -0.139. The highest BCUT2D eigenvalue weighted by Crippen LogP contribution is 2.20. The summed E-state index contributed by atoms with van der Waals surface area (Å²) in [5.41, 5.74) is 3.87. The second kappa shape index (κ2) is 6.69. The van der Waals surface area contributed by atoms with Crippen molar-refractivity contribution in [1.82, 2.24) is 24.5 Å². The van der Waals surface area contributed by atoms with E-state index in [1.54, 1.807) is 16.0 Å². The van der Waals surface area contributed by atoms with Crippen molar-refractivity contribution in [2.45, 2.75) is 20.4 Å². The van der Waals surface area contributed by atoms with Gasteiger partial charge in [-0.3, -0.25) is 9.20 Å². The maximum absolute atomic E-state index is 12.7. The number of carbonyl (C=O) groups is 1. The van der Waals surface area contributed by atoms with E-state index in [9.17, 15) is 4.79 Å². The lowest BCUT2D eigenvalue weighted by Gasteiger charge is -2.06. The number of carbonyl (C=O) groups excluding carboxylic acids is 1. The molecule has 0 aliphatic heterocycles. The Labute approximate surface area is 162 Å². The second-order valence-corrected chi connectivity index (χ2v) is 7.73. The first-order chi connectivity index (χ1) is 12.5. The van der Waals surface area contributed by atoms with Crippen molar-refractivity contribution in [3.63, 3.8) is 0 Å². The lowest BCUT2D eigenvalue weighted by atomic mass is 10.2. The van der Waals surface area contributed by atoms with Crippen molar-refractivity contribution in [3.8, 4) is 5.69 Å². The first kappa shape index (κ1) is 17.0. The molecular weight excluding hydrogens is 414 g/mol. The number of aryl methyl sites for hydroxylation is 1. The molecule has 0 saturated heterocycles. The van der Waals surface area contributed by atoms with Gasteiger partial charge < -0.3 is 5.32 Å². The van der Waals surface area contributed by atoms with Gasteiger partial charge in [-0.15, -0.1) is 11.3 Å². The zero-order valence-corrected chi connectivity index (χ0v) is 16.6. The van der Waals surface area contributed by atoms with Gasteiger partial charge in [-0.25, -0.2) is 9.67 Å². The highest BCUT2D eigenvalue weighted by Gasteiger charge is 2.19. The first-order valence-corrected chi connectivity index (χ1v) is 9.71. The fourth-order valence-electron chi connectivity index (χ4n) is 2.93. The Hall–Kier alpha value is -2.45. The average molecular weight is 430 g/mol. The zero-order valence-electron chi connectivity index (χ0n) is 14.2. The van der Waals surface area contributed by atoms with Crippen LogP contribution < -0.4 is 5.32 Å². The van der Waals surface area contributed by atoms with Gasteiger partial charge in [0.1, 0.15) is 0 Å². The largest absolute Gasteiger partial charge is 0.346 e. The molecular formula is C18H16BrN5OS. The minimum absolute atomic E-state index is 0.139. The topological polar surface area (TPSA) is 64.2 Å². The predicted molar refractivity (Wildman–Crippen MR) is 105 cm³/mol. The summed E-state index contributed by atoms with van der Waals surface area (Å²) in [6.45, 7) is 4.14. The Balaban J connectivity index is 1.55. The number of hydrogen-bond donors (Lipinski definition) is 1. The third-order valence-electron chi connectivity index (χ3n) is 4.16. The molecule has 0 bridgehead atoms. The van der Waals surface area contributed by atoms with Gasteiger partial charge in [-0.05, 0) is 38.1 Å². The normalized spacial score (nSPS) is 11.2. The van der Waals surface area contributed by atoms with Crippen LogP contribution in [0.5, 0.6) is 0 Å². The van der Waals surface area contributed by atoms with E-state index >= 15 is 0 Å². The number of fused-ring (bicyclic) bond motifs is 1. The van der Waals surface area contributed by atoms with Gasteiger partial charge in [0.25, 0.3) is 5.91 Å². The third-order valence-corrected chi connectivity index (χ3v) is 5.46. The number of nitrogens with one attached hydrogen (secondary N) is 1. The Morgan fingerprint density at radius 2 is 2.04 bits per heavy atom. The molecule has 1 N–H and O–H groups in total. The van der Waals surface area contributed by atoms with E-state index in [1.165, 1.54) is 0 Å². The van der Waals surface area contributed by atoms with Crippen molar-refractivity contribution in [2.75, 3.05) is 0 Å². The Bertz CT molecular complexity index is 1060. The zero-order chi connectivity index (χ0) is 18.3. The van der Waals surface area contributed by atoms with Gasteiger partial charge in [0.05, 0.1) is 34.9 Å². The van der Waals surface area contributed by atoms with E-state index in [1.807, 2.05) is 60.3 Å². The standard InChI is InChI=1S/C18H16BrN5OS/c1-11-16(12(2)24(22-11)15-5-3-13(19)4-6-15)17(25)20-9-14-10-23-7-8-26-18(23)21-14/h3-8,10H,9H2,1-2H3,(H,20,25). The van der Waals surface area contributed by atoms with Gasteiger partial charge in [0.2, 0.25) is 0 Å². The van der Waals surface area contributed by atoms with Gasteiger partial charge in [-0.2, -0.15) is 5.10 Å². The van der Waals surface area contributed by atoms with Crippen LogP contribution in [-0.4, -0.2) is 25.1 Å². The van der Waals surface area contributed by atoms with Gasteiger partial charge >= 0.3 is 0 Å². The molecule has 0 spiro atoms. The number of halogens is 1. The Kier molecular flexibility index (Phi) is 4.37. The van der Waals surface area contributed by atoms with E-state index in [2.05, 4.69) is 31.3 Å². The van der Waals surface area contributed by atoms with E-state index in [0.29, 0.717) is 17.8 Å². The molecule has 4 rings (SSSR count).